The molecule has 0 unspecified atom stereocenters. The lowest BCUT2D eigenvalue weighted by Crippen LogP contribution is -2.32. The number of halogens is 1. The maximum atomic E-state index is 13.0. The first kappa shape index (κ1) is 18.6. The molecule has 0 aliphatic heterocycles. The summed E-state index contributed by atoms with van der Waals surface area (Å²) >= 11 is 0. The Bertz CT molecular complexity index is 887. The Morgan fingerprint density at radius 3 is 2.48 bits per heavy atom. The van der Waals surface area contributed by atoms with Crippen LogP contribution in [0.25, 0.3) is 0 Å². The minimum Gasteiger partial charge on any atom is -0.355 e. The summed E-state index contributed by atoms with van der Waals surface area (Å²) in [6, 6.07) is 14.1. The van der Waals surface area contributed by atoms with E-state index in [1.54, 1.807) is 24.3 Å². The van der Waals surface area contributed by atoms with E-state index in [0.29, 0.717) is 17.5 Å². The second kappa shape index (κ2) is 8.40. The molecule has 0 saturated carbocycles. The standard InChI is InChI=1S/C18H17FN2O3S/c19-17-3-1-2-14(10-17)8-9-21-18(22)13-25(23,24)12-16-6-4-15(11-20)5-7-16/h1-7,10H,8-9,12-13H2,(H,21,22). The molecule has 130 valence electrons. The monoisotopic (exact) mass is 360 g/mol. The second-order valence-corrected chi connectivity index (χ2v) is 7.64. The van der Waals surface area contributed by atoms with Crippen LogP contribution in [0.4, 0.5) is 4.39 Å². The van der Waals surface area contributed by atoms with Gasteiger partial charge in [-0.2, -0.15) is 5.26 Å². The van der Waals surface area contributed by atoms with Gasteiger partial charge >= 0.3 is 0 Å². The molecule has 1 amide bonds. The lowest BCUT2D eigenvalue weighted by molar-refractivity contribution is -0.118. The molecule has 0 heterocycles. The van der Waals surface area contributed by atoms with Crippen LogP contribution in [0.1, 0.15) is 16.7 Å². The number of nitrogens with zero attached hydrogens (tertiary/aromatic N) is 1. The molecule has 0 aliphatic carbocycles. The van der Waals surface area contributed by atoms with Crippen LogP contribution in [-0.2, 0) is 26.8 Å². The van der Waals surface area contributed by atoms with Crippen molar-refractivity contribution in [2.75, 3.05) is 12.3 Å². The molecular weight excluding hydrogens is 343 g/mol. The first-order valence-corrected chi connectivity index (χ1v) is 9.41. The van der Waals surface area contributed by atoms with Crippen molar-refractivity contribution in [2.45, 2.75) is 12.2 Å². The maximum absolute atomic E-state index is 13.0. The molecule has 0 aliphatic rings. The van der Waals surface area contributed by atoms with Crippen molar-refractivity contribution in [1.29, 1.82) is 5.26 Å². The molecule has 2 aromatic carbocycles. The van der Waals surface area contributed by atoms with Gasteiger partial charge in [0.2, 0.25) is 5.91 Å². The first-order chi connectivity index (χ1) is 11.9. The topological polar surface area (TPSA) is 87.0 Å². The summed E-state index contributed by atoms with van der Waals surface area (Å²) in [6.07, 6.45) is 0.416. The fourth-order valence-electron chi connectivity index (χ4n) is 2.27. The van der Waals surface area contributed by atoms with Crippen LogP contribution in [0.15, 0.2) is 48.5 Å². The highest BCUT2D eigenvalue weighted by Crippen LogP contribution is 2.09. The van der Waals surface area contributed by atoms with Gasteiger partial charge < -0.3 is 5.32 Å². The lowest BCUT2D eigenvalue weighted by atomic mass is 10.1. The summed E-state index contributed by atoms with van der Waals surface area (Å²) in [6.45, 7) is 0.231. The van der Waals surface area contributed by atoms with E-state index < -0.39 is 21.5 Å². The van der Waals surface area contributed by atoms with E-state index in [4.69, 9.17) is 5.26 Å². The largest absolute Gasteiger partial charge is 0.355 e. The predicted octanol–water partition coefficient (Wildman–Crippen LogP) is 1.97. The third-order valence-corrected chi connectivity index (χ3v) is 4.92. The highest BCUT2D eigenvalue weighted by atomic mass is 32.2. The Kier molecular flexibility index (Phi) is 6.25. The van der Waals surface area contributed by atoms with E-state index in [-0.39, 0.29) is 18.1 Å². The summed E-state index contributed by atoms with van der Waals surface area (Å²) in [5.41, 5.74) is 1.68. The molecule has 0 radical (unpaired) electrons. The zero-order chi connectivity index (χ0) is 18.3. The van der Waals surface area contributed by atoms with Crippen LogP contribution in [0.5, 0.6) is 0 Å². The summed E-state index contributed by atoms with van der Waals surface area (Å²) in [5, 5.41) is 11.2. The van der Waals surface area contributed by atoms with Crippen molar-refractivity contribution in [2.24, 2.45) is 0 Å². The highest BCUT2D eigenvalue weighted by molar-refractivity contribution is 7.91. The number of nitriles is 1. The van der Waals surface area contributed by atoms with Crippen LogP contribution in [0, 0.1) is 17.1 Å². The number of hydrogen-bond donors (Lipinski definition) is 1. The number of sulfone groups is 1. The average Bonchev–Trinajstić information content (AvgIpc) is 2.54. The van der Waals surface area contributed by atoms with Crippen molar-refractivity contribution in [3.05, 3.63) is 71.0 Å². The molecule has 0 spiro atoms. The van der Waals surface area contributed by atoms with Crippen LogP contribution in [0.2, 0.25) is 0 Å². The molecule has 0 bridgehead atoms. The van der Waals surface area contributed by atoms with Gasteiger partial charge in [0.15, 0.2) is 9.84 Å². The van der Waals surface area contributed by atoms with Gasteiger partial charge in [-0.3, -0.25) is 4.79 Å². The Hall–Kier alpha value is -2.72. The number of hydrogen-bond acceptors (Lipinski definition) is 4. The fourth-order valence-corrected chi connectivity index (χ4v) is 3.57. The van der Waals surface area contributed by atoms with Gasteiger partial charge in [-0.15, -0.1) is 0 Å². The van der Waals surface area contributed by atoms with E-state index in [9.17, 15) is 17.6 Å². The Morgan fingerprint density at radius 2 is 1.84 bits per heavy atom. The van der Waals surface area contributed by atoms with Gasteiger partial charge in [0, 0.05) is 6.54 Å². The number of benzene rings is 2. The summed E-state index contributed by atoms with van der Waals surface area (Å²) in [7, 11) is -3.61. The minimum absolute atomic E-state index is 0.231. The van der Waals surface area contributed by atoms with Gasteiger partial charge in [-0.25, -0.2) is 12.8 Å². The summed E-state index contributed by atoms with van der Waals surface area (Å²) in [5.74, 6) is -1.83. The molecule has 2 aromatic rings. The normalized spacial score (nSPS) is 10.9. The van der Waals surface area contributed by atoms with Gasteiger partial charge in [-0.05, 0) is 41.8 Å². The van der Waals surface area contributed by atoms with Gasteiger partial charge in [-0.1, -0.05) is 24.3 Å². The molecule has 2 rings (SSSR count). The number of carbonyl (C=O) groups is 1. The highest BCUT2D eigenvalue weighted by Gasteiger charge is 2.17. The van der Waals surface area contributed by atoms with E-state index in [1.807, 2.05) is 6.07 Å². The van der Waals surface area contributed by atoms with E-state index in [1.165, 1.54) is 24.3 Å². The second-order valence-electron chi connectivity index (χ2n) is 5.57. The van der Waals surface area contributed by atoms with E-state index >= 15 is 0 Å². The minimum atomic E-state index is -3.61. The van der Waals surface area contributed by atoms with Crippen molar-refractivity contribution in [3.8, 4) is 6.07 Å². The number of nitrogens with one attached hydrogen (secondary N) is 1. The van der Waals surface area contributed by atoms with Crippen molar-refractivity contribution in [1.82, 2.24) is 5.32 Å². The van der Waals surface area contributed by atoms with Gasteiger partial charge in [0.05, 0.1) is 17.4 Å². The van der Waals surface area contributed by atoms with Crippen molar-refractivity contribution >= 4 is 15.7 Å². The number of amides is 1. The molecule has 7 heteroatoms. The third-order valence-electron chi connectivity index (χ3n) is 3.45. The fraction of sp³-hybridized carbons (Fsp3) is 0.222. The Morgan fingerprint density at radius 1 is 1.12 bits per heavy atom. The summed E-state index contributed by atoms with van der Waals surface area (Å²) in [4.78, 5) is 11.8. The van der Waals surface area contributed by atoms with Gasteiger partial charge in [0.1, 0.15) is 11.6 Å². The summed E-state index contributed by atoms with van der Waals surface area (Å²) < 4.78 is 37.2. The first-order valence-electron chi connectivity index (χ1n) is 7.58. The lowest BCUT2D eigenvalue weighted by Gasteiger charge is -2.07. The van der Waals surface area contributed by atoms with Crippen LogP contribution < -0.4 is 5.32 Å². The number of carbonyl (C=O) groups excluding carboxylic acids is 1. The molecule has 1 N–H and O–H groups in total. The Labute approximate surface area is 146 Å². The number of rotatable bonds is 7. The van der Waals surface area contributed by atoms with Crippen LogP contribution in [-0.4, -0.2) is 26.6 Å². The Balaban J connectivity index is 1.82. The molecule has 0 fully saturated rings. The van der Waals surface area contributed by atoms with Gasteiger partial charge in [0.25, 0.3) is 0 Å². The molecule has 0 aromatic heterocycles. The maximum Gasteiger partial charge on any atom is 0.235 e. The van der Waals surface area contributed by atoms with Crippen LogP contribution >= 0.6 is 0 Å². The molecule has 0 saturated heterocycles. The van der Waals surface area contributed by atoms with Crippen LogP contribution in [0.3, 0.4) is 0 Å². The zero-order valence-electron chi connectivity index (χ0n) is 13.4. The quantitative estimate of drug-likeness (QED) is 0.818. The van der Waals surface area contributed by atoms with E-state index in [2.05, 4.69) is 5.32 Å². The average molecular weight is 360 g/mol. The van der Waals surface area contributed by atoms with Crippen molar-refractivity contribution < 1.29 is 17.6 Å². The van der Waals surface area contributed by atoms with E-state index in [0.717, 1.165) is 5.56 Å². The van der Waals surface area contributed by atoms with Crippen molar-refractivity contribution in [3.63, 3.8) is 0 Å². The molecule has 0 atom stereocenters. The predicted molar refractivity (Wildman–Crippen MR) is 91.8 cm³/mol. The molecule has 25 heavy (non-hydrogen) atoms. The molecule has 5 nitrogen and oxygen atoms in total. The smallest absolute Gasteiger partial charge is 0.235 e. The third kappa shape index (κ3) is 6.36. The molecular formula is C18H17FN2O3S. The zero-order valence-corrected chi connectivity index (χ0v) is 14.2. The SMILES string of the molecule is N#Cc1ccc(CS(=O)(=O)CC(=O)NCCc2cccc(F)c2)cc1.